The van der Waals surface area contributed by atoms with Gasteiger partial charge in [0.1, 0.15) is 0 Å². The van der Waals surface area contributed by atoms with Crippen LogP contribution in [-0.2, 0) is 8.85 Å². The minimum atomic E-state index is -1.97. The summed E-state index contributed by atoms with van der Waals surface area (Å²) < 4.78 is 13.9. The zero-order valence-electron chi connectivity index (χ0n) is 18.0. The molecular weight excluding hydrogens is 340 g/mol. The van der Waals surface area contributed by atoms with Crippen LogP contribution in [0.4, 0.5) is 0 Å². The van der Waals surface area contributed by atoms with E-state index < -0.39 is 22.4 Å². The van der Waals surface area contributed by atoms with Crippen LogP contribution in [0.5, 0.6) is 0 Å². The molecule has 0 unspecified atom stereocenters. The van der Waals surface area contributed by atoms with Crippen LogP contribution >= 0.6 is 0 Å². The molecule has 0 aliphatic heterocycles. The van der Waals surface area contributed by atoms with E-state index in [1.165, 1.54) is 11.1 Å². The van der Waals surface area contributed by atoms with Crippen LogP contribution in [-0.4, -0.2) is 22.4 Å². The second-order valence-electron chi connectivity index (χ2n) is 10.7. The van der Waals surface area contributed by atoms with Gasteiger partial charge in [0.25, 0.3) is 0 Å². The zero-order valence-corrected chi connectivity index (χ0v) is 20.0. The molecule has 2 aliphatic carbocycles. The molecular formula is C21H38O2Si2. The Labute approximate surface area is 157 Å². The van der Waals surface area contributed by atoms with E-state index in [4.69, 9.17) is 8.85 Å². The lowest BCUT2D eigenvalue weighted by Crippen LogP contribution is -2.56. The monoisotopic (exact) mass is 378 g/mol. The van der Waals surface area contributed by atoms with Crippen molar-refractivity contribution in [2.75, 3.05) is 0 Å². The van der Waals surface area contributed by atoms with Crippen molar-refractivity contribution in [1.82, 2.24) is 0 Å². The van der Waals surface area contributed by atoms with Gasteiger partial charge in [0, 0.05) is 6.42 Å². The second kappa shape index (κ2) is 6.33. The summed E-state index contributed by atoms with van der Waals surface area (Å²) in [5.74, 6) is -0.612. The van der Waals surface area contributed by atoms with Crippen LogP contribution in [0.25, 0.3) is 0 Å². The van der Waals surface area contributed by atoms with Crippen molar-refractivity contribution in [1.29, 1.82) is 0 Å². The molecule has 2 nitrogen and oxygen atoms in total. The van der Waals surface area contributed by atoms with Crippen LogP contribution in [0.2, 0.25) is 36.3 Å². The Balaban J connectivity index is 2.40. The van der Waals surface area contributed by atoms with Gasteiger partial charge in [0.05, 0.1) is 0 Å². The summed E-state index contributed by atoms with van der Waals surface area (Å²) in [4.78, 5) is 0. The molecule has 0 saturated carbocycles. The maximum Gasteiger partial charge on any atom is 0.196 e. The Kier molecular flexibility index (Phi) is 5.28. The highest BCUT2D eigenvalue weighted by atomic mass is 28.4. The topological polar surface area (TPSA) is 18.5 Å². The van der Waals surface area contributed by atoms with Gasteiger partial charge in [-0.3, -0.25) is 0 Å². The maximum atomic E-state index is 6.97. The molecule has 4 heteroatoms. The third kappa shape index (κ3) is 4.29. The lowest BCUT2D eigenvalue weighted by Gasteiger charge is -2.50. The van der Waals surface area contributed by atoms with Gasteiger partial charge in [-0.25, -0.2) is 0 Å². The Bertz CT molecular complexity index is 583. The molecule has 0 aromatic heterocycles. The van der Waals surface area contributed by atoms with Crippen LogP contribution in [0.15, 0.2) is 35.5 Å². The summed E-state index contributed by atoms with van der Waals surface area (Å²) in [6.07, 6.45) is 10.9. The van der Waals surface area contributed by atoms with Crippen molar-refractivity contribution in [2.45, 2.75) is 96.4 Å². The van der Waals surface area contributed by atoms with Crippen molar-refractivity contribution in [3.8, 4) is 0 Å². The summed E-state index contributed by atoms with van der Waals surface area (Å²) in [5.41, 5.74) is 2.81. The molecule has 2 aliphatic rings. The molecule has 0 spiro atoms. The van der Waals surface area contributed by atoms with E-state index in [0.717, 1.165) is 12.8 Å². The molecule has 2 rings (SSSR count). The van der Waals surface area contributed by atoms with Crippen molar-refractivity contribution in [2.24, 2.45) is 0 Å². The Hall–Kier alpha value is -0.426. The van der Waals surface area contributed by atoms with E-state index in [2.05, 4.69) is 92.0 Å². The predicted octanol–water partition coefficient (Wildman–Crippen LogP) is 6.94. The molecule has 0 N–H and O–H groups in total. The van der Waals surface area contributed by atoms with Crippen molar-refractivity contribution < 1.29 is 8.85 Å². The summed E-state index contributed by atoms with van der Waals surface area (Å²) in [5, 5.41) is 0.315. The first-order chi connectivity index (χ1) is 11.1. The molecule has 25 heavy (non-hydrogen) atoms. The lowest BCUT2D eigenvalue weighted by molar-refractivity contribution is -0.0911. The fourth-order valence-corrected chi connectivity index (χ4v) is 5.58. The average Bonchev–Trinajstić information content (AvgIpc) is 2.81. The molecule has 0 saturated heterocycles. The number of rotatable bonds is 4. The average molecular weight is 379 g/mol. The molecule has 0 radical (unpaired) electrons. The van der Waals surface area contributed by atoms with E-state index in [9.17, 15) is 0 Å². The van der Waals surface area contributed by atoms with Crippen molar-refractivity contribution in [3.05, 3.63) is 35.5 Å². The van der Waals surface area contributed by atoms with Crippen LogP contribution in [0.1, 0.15) is 54.4 Å². The molecule has 0 fully saturated rings. The van der Waals surface area contributed by atoms with Crippen LogP contribution in [0.3, 0.4) is 0 Å². The quantitative estimate of drug-likeness (QED) is 0.389. The van der Waals surface area contributed by atoms with Crippen molar-refractivity contribution >= 4 is 16.6 Å². The molecule has 0 bridgehead atoms. The van der Waals surface area contributed by atoms with Gasteiger partial charge >= 0.3 is 0 Å². The normalized spacial score (nSPS) is 21.0. The molecule has 0 aromatic rings. The van der Waals surface area contributed by atoms with Gasteiger partial charge in [-0.2, -0.15) is 0 Å². The second-order valence-corrected chi connectivity index (χ2v) is 20.2. The third-order valence-electron chi connectivity index (χ3n) is 6.51. The molecule has 142 valence electrons. The van der Waals surface area contributed by atoms with Gasteiger partial charge in [0.2, 0.25) is 0 Å². The fraction of sp³-hybridized carbons (Fsp3) is 0.714. The Morgan fingerprint density at radius 1 is 0.800 bits per heavy atom. The van der Waals surface area contributed by atoms with Crippen LogP contribution < -0.4 is 0 Å². The van der Waals surface area contributed by atoms with Gasteiger partial charge in [-0.05, 0) is 59.9 Å². The van der Waals surface area contributed by atoms with Crippen LogP contribution in [0, 0.1) is 0 Å². The first-order valence-corrected chi connectivity index (χ1v) is 15.4. The molecule has 0 atom stereocenters. The van der Waals surface area contributed by atoms with Crippen molar-refractivity contribution in [3.63, 3.8) is 0 Å². The molecule has 0 heterocycles. The predicted molar refractivity (Wildman–Crippen MR) is 114 cm³/mol. The molecule has 0 aromatic carbocycles. The smallest absolute Gasteiger partial charge is 0.196 e. The summed E-state index contributed by atoms with van der Waals surface area (Å²) in [7, 11) is -3.94. The third-order valence-corrected chi connectivity index (χ3v) is 15.4. The first-order valence-electron chi connectivity index (χ1n) is 9.57. The van der Waals surface area contributed by atoms with E-state index in [-0.39, 0.29) is 10.1 Å². The highest BCUT2D eigenvalue weighted by Crippen LogP contribution is 2.48. The minimum Gasteiger partial charge on any atom is -0.387 e. The lowest BCUT2D eigenvalue weighted by atomic mass is 9.96. The van der Waals surface area contributed by atoms with Gasteiger partial charge in [0.15, 0.2) is 22.4 Å². The summed E-state index contributed by atoms with van der Waals surface area (Å²) >= 11 is 0. The molecule has 0 amide bonds. The van der Waals surface area contributed by atoms with E-state index in [1.807, 2.05) is 0 Å². The highest BCUT2D eigenvalue weighted by Gasteiger charge is 2.50. The van der Waals surface area contributed by atoms with E-state index >= 15 is 0 Å². The number of allylic oxidation sites excluding steroid dienone is 4. The van der Waals surface area contributed by atoms with Gasteiger partial charge in [-0.1, -0.05) is 59.8 Å². The Morgan fingerprint density at radius 3 is 1.72 bits per heavy atom. The number of hydrogen-bond acceptors (Lipinski definition) is 2. The largest absolute Gasteiger partial charge is 0.387 e. The van der Waals surface area contributed by atoms with Gasteiger partial charge < -0.3 is 8.85 Å². The first kappa shape index (κ1) is 20.9. The van der Waals surface area contributed by atoms with E-state index in [0.29, 0.717) is 0 Å². The highest BCUT2D eigenvalue weighted by molar-refractivity contribution is 6.75. The summed E-state index contributed by atoms with van der Waals surface area (Å²) in [6.45, 7) is 23.1. The Morgan fingerprint density at radius 2 is 1.28 bits per heavy atom. The fourth-order valence-electron chi connectivity index (χ4n) is 2.80. The maximum absolute atomic E-state index is 6.97. The van der Waals surface area contributed by atoms with E-state index in [1.54, 1.807) is 0 Å². The van der Waals surface area contributed by atoms with Gasteiger partial charge in [-0.15, -0.1) is 0 Å². The zero-order chi connectivity index (χ0) is 19.3. The standard InChI is InChI=1S/C21H38O2Si2/c1-19(2,3)24(7,8)22-21(23-25(9,10)20(4,5)6)15-14-17-12-11-13-18(17)16-21/h11,13-15H,12,16H2,1-10H3. The summed E-state index contributed by atoms with van der Waals surface area (Å²) in [6, 6.07) is 0. The SMILES string of the molecule is CC(C)(C)[Si](C)(C)OC1(O[Si](C)(C)C(C)(C)C)C=CC2=C(C=CC2)C1. The number of hydrogen-bond donors (Lipinski definition) is 0. The minimum absolute atomic E-state index is 0.158.